The number of nitrogens with zero attached hydrogens (tertiary/aromatic N) is 2. The van der Waals surface area contributed by atoms with Crippen LogP contribution in [-0.4, -0.2) is 55.0 Å². The third-order valence-electron chi connectivity index (χ3n) is 3.19. The third kappa shape index (κ3) is 3.47. The Morgan fingerprint density at radius 2 is 2.27 bits per heavy atom. The van der Waals surface area contributed by atoms with E-state index in [0.717, 1.165) is 19.6 Å². The van der Waals surface area contributed by atoms with Gasteiger partial charge in [0.15, 0.2) is 0 Å². The first kappa shape index (κ1) is 12.5. The van der Waals surface area contributed by atoms with Crippen LogP contribution in [-0.2, 0) is 4.79 Å². The van der Waals surface area contributed by atoms with Crippen LogP contribution in [0.1, 0.15) is 20.3 Å². The average Bonchev–Trinajstić information content (AvgIpc) is 2.33. The first-order valence-electron chi connectivity index (χ1n) is 5.72. The van der Waals surface area contributed by atoms with Gasteiger partial charge in [-0.15, -0.1) is 0 Å². The highest BCUT2D eigenvalue weighted by atomic mass is 16.2. The van der Waals surface area contributed by atoms with Gasteiger partial charge in [-0.2, -0.15) is 0 Å². The van der Waals surface area contributed by atoms with Crippen molar-refractivity contribution in [1.82, 2.24) is 9.80 Å². The Bertz CT molecular complexity index is 220. The molecule has 4 heteroatoms. The zero-order valence-corrected chi connectivity index (χ0v) is 10.1. The van der Waals surface area contributed by atoms with Crippen molar-refractivity contribution < 1.29 is 4.79 Å². The molecule has 88 valence electrons. The number of nitrogens with two attached hydrogens (primary N) is 1. The monoisotopic (exact) mass is 213 g/mol. The fourth-order valence-electron chi connectivity index (χ4n) is 1.94. The lowest BCUT2D eigenvalue weighted by molar-refractivity contribution is -0.130. The van der Waals surface area contributed by atoms with E-state index in [1.807, 2.05) is 11.9 Å². The third-order valence-corrected chi connectivity index (χ3v) is 3.19. The van der Waals surface area contributed by atoms with Crippen LogP contribution in [0.5, 0.6) is 0 Å². The van der Waals surface area contributed by atoms with Gasteiger partial charge in [0.1, 0.15) is 0 Å². The van der Waals surface area contributed by atoms with Gasteiger partial charge in [0, 0.05) is 39.1 Å². The minimum atomic E-state index is 0.255. The van der Waals surface area contributed by atoms with Gasteiger partial charge in [-0.25, -0.2) is 0 Å². The van der Waals surface area contributed by atoms with E-state index in [4.69, 9.17) is 5.73 Å². The van der Waals surface area contributed by atoms with Crippen LogP contribution < -0.4 is 5.73 Å². The summed E-state index contributed by atoms with van der Waals surface area (Å²) in [6.45, 7) is 7.81. The van der Waals surface area contributed by atoms with E-state index in [0.29, 0.717) is 24.9 Å². The lowest BCUT2D eigenvalue weighted by Crippen LogP contribution is -2.40. The molecular weight excluding hydrogens is 190 g/mol. The zero-order valence-electron chi connectivity index (χ0n) is 10.1. The van der Waals surface area contributed by atoms with Crippen LogP contribution in [0.4, 0.5) is 0 Å². The number of rotatable bonds is 3. The van der Waals surface area contributed by atoms with E-state index in [-0.39, 0.29) is 5.91 Å². The summed E-state index contributed by atoms with van der Waals surface area (Å²) in [5, 5.41) is 0. The Labute approximate surface area is 92.4 Å². The Kier molecular flexibility index (Phi) is 4.54. The van der Waals surface area contributed by atoms with Gasteiger partial charge in [0.25, 0.3) is 0 Å². The second-order valence-electron chi connectivity index (χ2n) is 4.70. The average molecular weight is 213 g/mol. The number of carbonyl (C=O) groups excluding carboxylic acids is 1. The van der Waals surface area contributed by atoms with E-state index < -0.39 is 0 Å². The van der Waals surface area contributed by atoms with Crippen LogP contribution in [0.3, 0.4) is 0 Å². The molecule has 0 spiro atoms. The van der Waals surface area contributed by atoms with Crippen molar-refractivity contribution in [3.63, 3.8) is 0 Å². The molecule has 0 aromatic carbocycles. The second kappa shape index (κ2) is 5.47. The van der Waals surface area contributed by atoms with Crippen molar-refractivity contribution >= 4 is 5.91 Å². The summed E-state index contributed by atoms with van der Waals surface area (Å²) in [6, 6.07) is 0.310. The van der Waals surface area contributed by atoms with Gasteiger partial charge in [-0.05, 0) is 19.4 Å². The molecule has 1 fully saturated rings. The number of hydrogen-bond donors (Lipinski definition) is 1. The minimum absolute atomic E-state index is 0.255. The topological polar surface area (TPSA) is 49.6 Å². The quantitative estimate of drug-likeness (QED) is 0.725. The highest BCUT2D eigenvalue weighted by molar-refractivity contribution is 5.76. The Morgan fingerprint density at radius 1 is 1.60 bits per heavy atom. The molecule has 1 saturated heterocycles. The molecule has 0 bridgehead atoms. The van der Waals surface area contributed by atoms with E-state index in [1.165, 1.54) is 0 Å². The van der Waals surface area contributed by atoms with Crippen molar-refractivity contribution in [3.05, 3.63) is 0 Å². The van der Waals surface area contributed by atoms with Gasteiger partial charge in [-0.1, -0.05) is 6.92 Å². The number of hydrogen-bond acceptors (Lipinski definition) is 3. The van der Waals surface area contributed by atoms with E-state index in [1.54, 1.807) is 0 Å². The van der Waals surface area contributed by atoms with Crippen molar-refractivity contribution in [3.8, 4) is 0 Å². The molecule has 0 saturated carbocycles. The summed E-state index contributed by atoms with van der Waals surface area (Å²) in [6.07, 6.45) is 0.637. The molecule has 0 aromatic heterocycles. The summed E-state index contributed by atoms with van der Waals surface area (Å²) < 4.78 is 0. The highest BCUT2D eigenvalue weighted by Crippen LogP contribution is 2.10. The lowest BCUT2D eigenvalue weighted by atomic mass is 10.1. The Hall–Kier alpha value is -0.610. The van der Waals surface area contributed by atoms with Gasteiger partial charge in [0.05, 0.1) is 0 Å². The van der Waals surface area contributed by atoms with Crippen molar-refractivity contribution in [2.45, 2.75) is 26.3 Å². The Morgan fingerprint density at radius 3 is 2.87 bits per heavy atom. The normalized spacial score (nSPS) is 26.5. The van der Waals surface area contributed by atoms with Gasteiger partial charge >= 0.3 is 0 Å². The van der Waals surface area contributed by atoms with Crippen LogP contribution in [0.2, 0.25) is 0 Å². The molecule has 15 heavy (non-hydrogen) atoms. The summed E-state index contributed by atoms with van der Waals surface area (Å²) in [4.78, 5) is 15.8. The maximum Gasteiger partial charge on any atom is 0.223 e. The lowest BCUT2D eigenvalue weighted by Gasteiger charge is -2.27. The molecule has 2 unspecified atom stereocenters. The maximum absolute atomic E-state index is 11.6. The molecule has 1 aliphatic heterocycles. The van der Waals surface area contributed by atoms with Crippen LogP contribution >= 0.6 is 0 Å². The molecular formula is C11H23N3O. The zero-order chi connectivity index (χ0) is 11.4. The van der Waals surface area contributed by atoms with Crippen molar-refractivity contribution in [2.24, 2.45) is 11.7 Å². The molecule has 2 atom stereocenters. The number of carbonyl (C=O) groups is 1. The fraction of sp³-hybridized carbons (Fsp3) is 0.909. The predicted octanol–water partition coefficient (Wildman–Crippen LogP) is 0.134. The summed E-state index contributed by atoms with van der Waals surface area (Å²) in [5.41, 5.74) is 5.61. The second-order valence-corrected chi connectivity index (χ2v) is 4.70. The van der Waals surface area contributed by atoms with Gasteiger partial charge in [0.2, 0.25) is 5.91 Å². The SMILES string of the molecule is CC(CN)CN1CCC(=O)N(C)C(C)C1. The van der Waals surface area contributed by atoms with Crippen LogP contribution in [0.25, 0.3) is 0 Å². The first-order chi connectivity index (χ1) is 7.04. The fourth-order valence-corrected chi connectivity index (χ4v) is 1.94. The molecule has 0 aromatic rings. The van der Waals surface area contributed by atoms with Crippen LogP contribution in [0.15, 0.2) is 0 Å². The summed E-state index contributed by atoms with van der Waals surface area (Å²) in [7, 11) is 1.89. The summed E-state index contributed by atoms with van der Waals surface area (Å²) >= 11 is 0. The number of likely N-dealkylation sites (N-methyl/N-ethyl adjacent to an activating group) is 1. The first-order valence-corrected chi connectivity index (χ1v) is 5.72. The highest BCUT2D eigenvalue weighted by Gasteiger charge is 2.24. The smallest absolute Gasteiger partial charge is 0.223 e. The largest absolute Gasteiger partial charge is 0.342 e. The molecule has 1 amide bonds. The molecule has 2 N–H and O–H groups in total. The molecule has 0 aliphatic carbocycles. The van der Waals surface area contributed by atoms with Crippen molar-refractivity contribution in [1.29, 1.82) is 0 Å². The molecule has 1 rings (SSSR count). The van der Waals surface area contributed by atoms with Gasteiger partial charge < -0.3 is 15.5 Å². The molecule has 4 nitrogen and oxygen atoms in total. The van der Waals surface area contributed by atoms with E-state index in [2.05, 4.69) is 18.7 Å². The van der Waals surface area contributed by atoms with E-state index in [9.17, 15) is 4.79 Å². The predicted molar refractivity (Wildman–Crippen MR) is 61.5 cm³/mol. The number of amides is 1. The van der Waals surface area contributed by atoms with Crippen molar-refractivity contribution in [2.75, 3.05) is 33.2 Å². The van der Waals surface area contributed by atoms with Crippen LogP contribution in [0, 0.1) is 5.92 Å². The molecule has 1 aliphatic rings. The minimum Gasteiger partial charge on any atom is -0.342 e. The molecule has 1 heterocycles. The Balaban J connectivity index is 2.51. The van der Waals surface area contributed by atoms with E-state index >= 15 is 0 Å². The maximum atomic E-state index is 11.6. The molecule has 0 radical (unpaired) electrons. The standard InChI is InChI=1S/C11H23N3O/c1-9(6-12)7-14-5-4-11(15)13(3)10(2)8-14/h9-10H,4-8,12H2,1-3H3. The van der Waals surface area contributed by atoms with Gasteiger partial charge in [-0.3, -0.25) is 4.79 Å². The summed E-state index contributed by atoms with van der Waals surface area (Å²) in [5.74, 6) is 0.765.